The molecule has 0 aliphatic rings. The number of aromatic amines is 3. The van der Waals surface area contributed by atoms with Crippen molar-refractivity contribution in [2.45, 2.75) is 19.9 Å². The number of aromatic nitrogens is 4. The fourth-order valence-corrected chi connectivity index (χ4v) is 1.88. The molecule has 0 atom stereocenters. The van der Waals surface area contributed by atoms with Crippen LogP contribution in [0.1, 0.15) is 19.9 Å². The lowest BCUT2D eigenvalue weighted by Gasteiger charge is -2.06. The van der Waals surface area contributed by atoms with E-state index in [0.717, 1.165) is 0 Å². The van der Waals surface area contributed by atoms with E-state index in [1.165, 1.54) is 12.1 Å². The van der Waals surface area contributed by atoms with Crippen LogP contribution in [0.15, 0.2) is 40.2 Å². The molecule has 0 bridgehead atoms. The second kappa shape index (κ2) is 5.60. The van der Waals surface area contributed by atoms with Crippen molar-refractivity contribution in [2.24, 2.45) is 0 Å². The molecule has 3 aromatic rings. The molecule has 7 heteroatoms. The third kappa shape index (κ3) is 2.87. The number of benzene rings is 1. The predicted octanol–water partition coefficient (Wildman–Crippen LogP) is 1.75. The van der Waals surface area contributed by atoms with Gasteiger partial charge in [0.2, 0.25) is 0 Å². The highest BCUT2D eigenvalue weighted by Crippen LogP contribution is 2.15. The van der Waals surface area contributed by atoms with Crippen LogP contribution >= 0.6 is 0 Å². The van der Waals surface area contributed by atoms with E-state index in [2.05, 4.69) is 15.0 Å². The maximum atomic E-state index is 13.0. The molecule has 0 unspecified atom stereocenters. The van der Waals surface area contributed by atoms with Crippen LogP contribution in [0, 0.1) is 5.82 Å². The highest BCUT2D eigenvalue weighted by molar-refractivity contribution is 5.75. The Hall–Kier alpha value is -2.57. The molecule has 0 saturated carbocycles. The van der Waals surface area contributed by atoms with Crippen LogP contribution in [0.25, 0.3) is 11.0 Å². The minimum atomic E-state index is -0.328. The maximum Gasteiger partial charge on any atom is 0.326 e. The van der Waals surface area contributed by atoms with Gasteiger partial charge in [0, 0.05) is 18.4 Å². The first-order valence-corrected chi connectivity index (χ1v) is 6.11. The first kappa shape index (κ1) is 13.9. The van der Waals surface area contributed by atoms with Gasteiger partial charge < -0.3 is 15.0 Å². The van der Waals surface area contributed by atoms with Gasteiger partial charge in [-0.2, -0.15) is 0 Å². The van der Waals surface area contributed by atoms with Gasteiger partial charge in [-0.1, -0.05) is 0 Å². The SMILES string of the molecule is CC(C)n1c(=O)[nH]c2ccc(F)cc21.O=c1[nH]cc[nH]1. The molecule has 106 valence electrons. The molecular formula is C13H15FN4O2. The van der Waals surface area contributed by atoms with E-state index < -0.39 is 0 Å². The summed E-state index contributed by atoms with van der Waals surface area (Å²) in [6.07, 6.45) is 3.09. The molecule has 6 nitrogen and oxygen atoms in total. The first-order valence-electron chi connectivity index (χ1n) is 6.11. The van der Waals surface area contributed by atoms with Crippen molar-refractivity contribution in [1.29, 1.82) is 0 Å². The Labute approximate surface area is 113 Å². The molecule has 3 N–H and O–H groups in total. The summed E-state index contributed by atoms with van der Waals surface area (Å²) in [5, 5.41) is 0. The number of hydrogen-bond donors (Lipinski definition) is 3. The highest BCUT2D eigenvalue weighted by Gasteiger charge is 2.09. The van der Waals surface area contributed by atoms with Gasteiger partial charge in [-0.15, -0.1) is 0 Å². The molecule has 0 radical (unpaired) electrons. The average Bonchev–Trinajstić information content (AvgIpc) is 2.95. The summed E-state index contributed by atoms with van der Waals surface area (Å²) in [7, 11) is 0. The highest BCUT2D eigenvalue weighted by atomic mass is 19.1. The Bertz CT molecular complexity index is 793. The van der Waals surface area contributed by atoms with Gasteiger partial charge in [0.05, 0.1) is 11.0 Å². The van der Waals surface area contributed by atoms with Crippen LogP contribution in [0.4, 0.5) is 4.39 Å². The molecule has 2 aromatic heterocycles. The summed E-state index contributed by atoms with van der Waals surface area (Å²) in [6.45, 7) is 3.78. The lowest BCUT2D eigenvalue weighted by atomic mass is 10.3. The van der Waals surface area contributed by atoms with E-state index in [1.807, 2.05) is 13.8 Å². The van der Waals surface area contributed by atoms with Gasteiger partial charge in [0.15, 0.2) is 0 Å². The molecule has 3 rings (SSSR count). The molecular weight excluding hydrogens is 263 g/mol. The summed E-state index contributed by atoms with van der Waals surface area (Å²) in [5.41, 5.74) is 0.936. The third-order valence-corrected chi connectivity index (χ3v) is 2.71. The topological polar surface area (TPSA) is 86.4 Å². The largest absolute Gasteiger partial charge is 0.326 e. The number of H-pyrrole nitrogens is 3. The number of nitrogens with one attached hydrogen (secondary N) is 3. The molecule has 1 aromatic carbocycles. The smallest absolute Gasteiger partial charge is 0.313 e. The molecule has 0 amide bonds. The summed E-state index contributed by atoms with van der Waals surface area (Å²) < 4.78 is 14.5. The Balaban J connectivity index is 0.000000205. The Kier molecular flexibility index (Phi) is 3.88. The van der Waals surface area contributed by atoms with Gasteiger partial charge in [-0.05, 0) is 32.0 Å². The van der Waals surface area contributed by atoms with Gasteiger partial charge >= 0.3 is 11.4 Å². The van der Waals surface area contributed by atoms with E-state index in [9.17, 15) is 14.0 Å². The Morgan fingerprint density at radius 2 is 1.80 bits per heavy atom. The van der Waals surface area contributed by atoms with Crippen molar-refractivity contribution in [3.8, 4) is 0 Å². The lowest BCUT2D eigenvalue weighted by molar-refractivity contribution is 0.593. The van der Waals surface area contributed by atoms with Gasteiger partial charge in [0.1, 0.15) is 5.82 Å². The predicted molar refractivity (Wildman–Crippen MR) is 74.3 cm³/mol. The molecule has 20 heavy (non-hydrogen) atoms. The number of halogens is 1. The van der Waals surface area contributed by atoms with Crippen LogP contribution < -0.4 is 11.4 Å². The van der Waals surface area contributed by atoms with Crippen LogP contribution in [-0.4, -0.2) is 19.5 Å². The zero-order valence-electron chi connectivity index (χ0n) is 11.1. The molecule has 0 aliphatic heterocycles. The van der Waals surface area contributed by atoms with Gasteiger partial charge in [0.25, 0.3) is 0 Å². The second-order valence-corrected chi connectivity index (χ2v) is 4.51. The summed E-state index contributed by atoms with van der Waals surface area (Å²) in [4.78, 5) is 28.9. The number of rotatable bonds is 1. The molecule has 0 spiro atoms. The van der Waals surface area contributed by atoms with Gasteiger partial charge in [-0.3, -0.25) is 4.57 Å². The van der Waals surface area contributed by atoms with E-state index in [1.54, 1.807) is 23.0 Å². The van der Waals surface area contributed by atoms with Crippen molar-refractivity contribution in [3.05, 3.63) is 57.4 Å². The van der Waals surface area contributed by atoms with Crippen LogP contribution in [0.2, 0.25) is 0 Å². The number of fused-ring (bicyclic) bond motifs is 1. The fraction of sp³-hybridized carbons (Fsp3) is 0.231. The number of hydrogen-bond acceptors (Lipinski definition) is 2. The van der Waals surface area contributed by atoms with Crippen molar-refractivity contribution < 1.29 is 4.39 Å². The Morgan fingerprint density at radius 3 is 2.30 bits per heavy atom. The minimum absolute atomic E-state index is 0.0260. The minimum Gasteiger partial charge on any atom is -0.313 e. The third-order valence-electron chi connectivity index (χ3n) is 2.71. The lowest BCUT2D eigenvalue weighted by Crippen LogP contribution is -2.18. The molecule has 2 heterocycles. The zero-order valence-corrected chi connectivity index (χ0v) is 11.1. The van der Waals surface area contributed by atoms with Crippen molar-refractivity contribution in [2.75, 3.05) is 0 Å². The van der Waals surface area contributed by atoms with Crippen molar-refractivity contribution >= 4 is 11.0 Å². The summed E-state index contributed by atoms with van der Waals surface area (Å²) >= 11 is 0. The van der Waals surface area contributed by atoms with Crippen LogP contribution in [-0.2, 0) is 0 Å². The monoisotopic (exact) mass is 278 g/mol. The second-order valence-electron chi connectivity index (χ2n) is 4.51. The molecule has 0 saturated heterocycles. The van der Waals surface area contributed by atoms with E-state index in [0.29, 0.717) is 11.0 Å². The quantitative estimate of drug-likeness (QED) is 0.633. The summed E-state index contributed by atoms with van der Waals surface area (Å²) in [6, 6.07) is 4.30. The van der Waals surface area contributed by atoms with Crippen molar-refractivity contribution in [3.63, 3.8) is 0 Å². The first-order chi connectivity index (χ1) is 9.49. The van der Waals surface area contributed by atoms with E-state index in [-0.39, 0.29) is 23.2 Å². The average molecular weight is 278 g/mol. The van der Waals surface area contributed by atoms with E-state index >= 15 is 0 Å². The normalized spacial score (nSPS) is 10.6. The molecule has 0 fully saturated rings. The van der Waals surface area contributed by atoms with Crippen molar-refractivity contribution in [1.82, 2.24) is 19.5 Å². The number of imidazole rings is 2. The van der Waals surface area contributed by atoms with Crippen LogP contribution in [0.3, 0.4) is 0 Å². The van der Waals surface area contributed by atoms with E-state index in [4.69, 9.17) is 0 Å². The zero-order chi connectivity index (χ0) is 14.7. The maximum absolute atomic E-state index is 13.0. The standard InChI is InChI=1S/C10H11FN2O.C3H4N2O/c1-6(2)13-9-5-7(11)3-4-8(9)12-10(13)14;6-3-4-1-2-5-3/h3-6H,1-2H3,(H,12,14);1-2H,(H2,4,5,6). The fourth-order valence-electron chi connectivity index (χ4n) is 1.88. The summed E-state index contributed by atoms with van der Waals surface area (Å²) in [5.74, 6) is -0.328. The van der Waals surface area contributed by atoms with Gasteiger partial charge in [-0.25, -0.2) is 14.0 Å². The van der Waals surface area contributed by atoms with Crippen LogP contribution in [0.5, 0.6) is 0 Å². The number of nitrogens with zero attached hydrogens (tertiary/aromatic N) is 1. The Morgan fingerprint density at radius 1 is 1.15 bits per heavy atom. The molecule has 0 aliphatic carbocycles.